The van der Waals surface area contributed by atoms with Crippen molar-refractivity contribution in [3.63, 3.8) is 0 Å². The Balaban J connectivity index is 1.49. The number of unbranched alkanes of at least 4 members (excludes halogenated alkanes) is 4. The van der Waals surface area contributed by atoms with Gasteiger partial charge in [-0.2, -0.15) is 0 Å². The average Bonchev–Trinajstić information content (AvgIpc) is 3.81. The molecule has 2 aliphatic rings. The molecule has 2 unspecified atom stereocenters. The molecular weight excluding hydrogens is 982 g/mol. The Morgan fingerprint density at radius 2 is 0.741 bits per heavy atom. The Hall–Kier alpha value is -1.90. The van der Waals surface area contributed by atoms with Crippen molar-refractivity contribution in [1.82, 2.24) is 0 Å². The van der Waals surface area contributed by atoms with Gasteiger partial charge >= 0.3 is 343 Å². The first kappa shape index (κ1) is 41.7. The van der Waals surface area contributed by atoms with Crippen LogP contribution >= 0.6 is 0 Å². The van der Waals surface area contributed by atoms with Crippen LogP contribution in [0.25, 0.3) is 34.4 Å². The van der Waals surface area contributed by atoms with Crippen LogP contribution in [0.4, 0.5) is 0 Å². The number of benzene rings is 4. The molecule has 0 aliphatic heterocycles. The van der Waals surface area contributed by atoms with Crippen LogP contribution in [0.5, 0.6) is 0 Å². The van der Waals surface area contributed by atoms with Crippen molar-refractivity contribution in [3.05, 3.63) is 130 Å². The zero-order chi connectivity index (χ0) is 38.0. The molecule has 0 nitrogen and oxygen atoms in total. The van der Waals surface area contributed by atoms with Gasteiger partial charge in [0.2, 0.25) is 0 Å². The van der Waals surface area contributed by atoms with Gasteiger partial charge in [-0.15, -0.1) is 0 Å². The van der Waals surface area contributed by atoms with Crippen molar-refractivity contribution in [1.29, 1.82) is 0 Å². The molecule has 0 saturated carbocycles. The molecule has 0 aromatic heterocycles. The van der Waals surface area contributed by atoms with E-state index in [0.717, 1.165) is 7.35 Å². The van der Waals surface area contributed by atoms with E-state index in [2.05, 4.69) is 151 Å². The summed E-state index contributed by atoms with van der Waals surface area (Å²) in [6.45, 7) is 14.8. The fourth-order valence-electron chi connectivity index (χ4n) is 11.0. The summed E-state index contributed by atoms with van der Waals surface area (Å²) in [5, 5.41) is 0. The van der Waals surface area contributed by atoms with Gasteiger partial charge in [-0.1, -0.05) is 0 Å². The first-order valence-corrected chi connectivity index (χ1v) is 41.7. The molecule has 4 aromatic carbocycles. The van der Waals surface area contributed by atoms with Crippen LogP contribution < -0.4 is 0 Å². The summed E-state index contributed by atoms with van der Waals surface area (Å²) in [6, 6.07) is 37.4. The minimum atomic E-state index is -3.10. The zero-order valence-corrected chi connectivity index (χ0v) is 42.0. The summed E-state index contributed by atoms with van der Waals surface area (Å²) in [6.07, 6.45) is 18.9. The van der Waals surface area contributed by atoms with Crippen LogP contribution in [0.15, 0.2) is 108 Å². The number of hydrogen-bond donors (Lipinski definition) is 0. The van der Waals surface area contributed by atoms with Gasteiger partial charge in [-0.05, 0) is 0 Å². The normalized spacial score (nSPS) is 16.6. The quantitative estimate of drug-likeness (QED) is 0.0730. The summed E-state index contributed by atoms with van der Waals surface area (Å²) in [4.78, 5) is 0. The number of allylic oxidation sites excluding steroid dienone is 2. The molecule has 2 aliphatic carbocycles. The number of fused-ring (bicyclic) bond motifs is 2. The zero-order valence-electron chi connectivity index (χ0n) is 34.9. The van der Waals surface area contributed by atoms with E-state index < -0.39 is 39.9 Å². The van der Waals surface area contributed by atoms with Gasteiger partial charge in [0, 0.05) is 0 Å². The van der Waals surface area contributed by atoms with E-state index in [-0.39, 0.29) is 0 Å². The fourth-order valence-corrected chi connectivity index (χ4v) is 84.9. The van der Waals surface area contributed by atoms with Crippen LogP contribution in [0.2, 0.25) is 25.1 Å². The molecular formula is C52H70Hf2. The first-order valence-electron chi connectivity index (χ1n) is 22.3. The summed E-state index contributed by atoms with van der Waals surface area (Å²) in [5.41, 5.74) is 15.9. The van der Waals surface area contributed by atoms with Crippen molar-refractivity contribution >= 4 is 12.2 Å². The van der Waals surface area contributed by atoms with Crippen LogP contribution in [-0.2, 0) is 39.9 Å². The van der Waals surface area contributed by atoms with E-state index >= 15 is 0 Å². The number of rotatable bonds is 21. The van der Waals surface area contributed by atoms with Gasteiger partial charge in [0.1, 0.15) is 0 Å². The second-order valence-electron chi connectivity index (χ2n) is 17.0. The average molecular weight is 1050 g/mol. The van der Waals surface area contributed by atoms with E-state index in [1.165, 1.54) is 86.5 Å². The van der Waals surface area contributed by atoms with Crippen molar-refractivity contribution in [2.45, 2.75) is 138 Å². The third-order valence-electron chi connectivity index (χ3n) is 13.7. The molecule has 0 spiro atoms. The van der Waals surface area contributed by atoms with Crippen molar-refractivity contribution < 1.29 is 39.9 Å². The van der Waals surface area contributed by atoms with Crippen molar-refractivity contribution in [2.75, 3.05) is 0 Å². The maximum absolute atomic E-state index is 3.10. The molecule has 286 valence electrons. The molecule has 2 atom stereocenters. The van der Waals surface area contributed by atoms with E-state index in [0.29, 0.717) is 0 Å². The molecule has 6 rings (SSSR count). The summed E-state index contributed by atoms with van der Waals surface area (Å²) < 4.78 is 11.1. The van der Waals surface area contributed by atoms with Gasteiger partial charge in [0.15, 0.2) is 0 Å². The topological polar surface area (TPSA) is 0 Å². The Labute approximate surface area is 340 Å². The molecule has 4 aromatic rings. The second kappa shape index (κ2) is 20.0. The van der Waals surface area contributed by atoms with Crippen LogP contribution in [0.1, 0.15) is 135 Å². The van der Waals surface area contributed by atoms with E-state index in [1.807, 2.05) is 0 Å². The Kier molecular flexibility index (Phi) is 15.4. The molecule has 0 amide bonds. The van der Waals surface area contributed by atoms with E-state index in [9.17, 15) is 0 Å². The molecule has 2 heteroatoms. The molecule has 0 bridgehead atoms. The van der Waals surface area contributed by atoms with Gasteiger partial charge < -0.3 is 0 Å². The molecule has 54 heavy (non-hydrogen) atoms. The monoisotopic (exact) mass is 1050 g/mol. The Bertz CT molecular complexity index is 1700. The van der Waals surface area contributed by atoms with Gasteiger partial charge in [0.25, 0.3) is 0 Å². The minimum absolute atomic E-state index is 0.754. The molecule has 0 fully saturated rings. The number of hydrogen-bond acceptors (Lipinski definition) is 0. The standard InChI is InChI=1S/2C17H15.4C4H9.C2H4.2Hf/c2*1-2-13-11-15-9-6-10-16(17(15)12-13)14-7-4-3-5-8-14;4*1-3-4-2;1-2;;/h2*3-12H,2H2,1H3;4*1,3-4H2,2H3;1-2H2;;. The predicted octanol–water partition coefficient (Wildman–Crippen LogP) is 17.4. The fraction of sp³-hybridized carbons (Fsp3) is 0.462. The van der Waals surface area contributed by atoms with Crippen molar-refractivity contribution in [2.24, 2.45) is 0 Å². The van der Waals surface area contributed by atoms with Gasteiger partial charge in [-0.3, -0.25) is 0 Å². The summed E-state index contributed by atoms with van der Waals surface area (Å²) in [7, 11) is 0. The molecule has 0 radical (unpaired) electrons. The van der Waals surface area contributed by atoms with Gasteiger partial charge in [-0.25, -0.2) is 0 Å². The van der Waals surface area contributed by atoms with E-state index in [4.69, 9.17) is 0 Å². The summed E-state index contributed by atoms with van der Waals surface area (Å²) in [5.74, 6) is 0. The summed E-state index contributed by atoms with van der Waals surface area (Å²) >= 11 is -6.20. The Morgan fingerprint density at radius 1 is 0.389 bits per heavy atom. The third kappa shape index (κ3) is 8.81. The van der Waals surface area contributed by atoms with E-state index in [1.54, 1.807) is 58.5 Å². The van der Waals surface area contributed by atoms with Gasteiger partial charge in [0.05, 0.1) is 0 Å². The van der Waals surface area contributed by atoms with Crippen molar-refractivity contribution in [3.8, 4) is 22.3 Å². The third-order valence-corrected chi connectivity index (χ3v) is 62.2. The molecule has 0 N–H and O–H groups in total. The van der Waals surface area contributed by atoms with Crippen LogP contribution in [0, 0.1) is 0 Å². The SMILES string of the molecule is CCC[CH2][Hf]([CH2]CCC)([CH2][CH2][Hf]([CH2]CCC)([CH2]CCC)[CH]1C(CC)=Cc2c(-c3ccccc3)cccc21)[CH]1C(CC)=Cc2c(-c3ccccc3)cccc21. The maximum atomic E-state index is 2.72. The Morgan fingerprint density at radius 3 is 1.06 bits per heavy atom. The molecule has 0 saturated heterocycles. The second-order valence-corrected chi connectivity index (χ2v) is 51.5. The van der Waals surface area contributed by atoms with Crippen LogP contribution in [-0.4, -0.2) is 0 Å². The first-order chi connectivity index (χ1) is 26.5. The predicted molar refractivity (Wildman–Crippen MR) is 234 cm³/mol. The molecule has 0 heterocycles. The van der Waals surface area contributed by atoms with Crippen LogP contribution in [0.3, 0.4) is 0 Å².